The molecule has 1 amide bonds. The second kappa shape index (κ2) is 7.71. The van der Waals surface area contributed by atoms with E-state index in [0.717, 1.165) is 32.3 Å². The Kier molecular flexibility index (Phi) is 5.10. The van der Waals surface area contributed by atoms with Crippen molar-refractivity contribution in [2.24, 2.45) is 0 Å². The number of aryl methyl sites for hydroxylation is 2. The fourth-order valence-electron chi connectivity index (χ4n) is 3.15. The Hall–Kier alpha value is -3.13. The summed E-state index contributed by atoms with van der Waals surface area (Å²) in [4.78, 5) is 12.8. The van der Waals surface area contributed by atoms with Crippen LogP contribution in [0.1, 0.15) is 28.6 Å². The van der Waals surface area contributed by atoms with Crippen LogP contribution in [0, 0.1) is 13.8 Å². The molecule has 0 bridgehead atoms. The maximum atomic E-state index is 12.8. The lowest BCUT2D eigenvalue weighted by Gasteiger charge is -2.08. The molecule has 0 spiro atoms. The molecule has 8 heteroatoms. The summed E-state index contributed by atoms with van der Waals surface area (Å²) >= 11 is 3.44. The normalized spacial score (nSPS) is 11.0. The van der Waals surface area contributed by atoms with Crippen molar-refractivity contribution in [3.8, 4) is 17.0 Å². The van der Waals surface area contributed by atoms with Crippen molar-refractivity contribution in [1.82, 2.24) is 10.3 Å². The number of hydrogen-bond acceptors (Lipinski definition) is 6. The van der Waals surface area contributed by atoms with Gasteiger partial charge in [0, 0.05) is 21.0 Å². The number of benzene rings is 2. The van der Waals surface area contributed by atoms with Crippen molar-refractivity contribution in [3.05, 3.63) is 57.8 Å². The number of fused-ring (bicyclic) bond motifs is 1. The first-order valence-corrected chi connectivity index (χ1v) is 9.83. The summed E-state index contributed by atoms with van der Waals surface area (Å²) in [6.45, 7) is 6.29. The molecule has 4 aromatic rings. The average Bonchev–Trinajstić information content (AvgIpc) is 3.28. The Morgan fingerprint density at radius 1 is 1.17 bits per heavy atom. The quantitative estimate of drug-likeness (QED) is 0.426. The molecule has 2 heterocycles. The van der Waals surface area contributed by atoms with Gasteiger partial charge in [0.1, 0.15) is 11.3 Å². The highest BCUT2D eigenvalue weighted by Gasteiger charge is 2.22. The largest absolute Gasteiger partial charge is 0.494 e. The van der Waals surface area contributed by atoms with E-state index in [1.54, 1.807) is 0 Å². The smallest absolute Gasteiger partial charge is 0.292 e. The molecule has 7 nitrogen and oxygen atoms in total. The molecule has 4 rings (SSSR count). The van der Waals surface area contributed by atoms with Crippen LogP contribution in [-0.4, -0.2) is 22.8 Å². The van der Waals surface area contributed by atoms with Crippen LogP contribution in [0.25, 0.3) is 22.2 Å². The van der Waals surface area contributed by atoms with E-state index >= 15 is 0 Å². The molecular formula is C21H18BrN3O4. The first-order valence-electron chi connectivity index (χ1n) is 9.04. The first-order chi connectivity index (χ1) is 14.0. The summed E-state index contributed by atoms with van der Waals surface area (Å²) in [5.74, 6) is 0.811. The fourth-order valence-corrected chi connectivity index (χ4v) is 3.51. The van der Waals surface area contributed by atoms with E-state index in [1.807, 2.05) is 57.2 Å². The van der Waals surface area contributed by atoms with E-state index in [0.29, 0.717) is 17.9 Å². The molecular weight excluding hydrogens is 438 g/mol. The monoisotopic (exact) mass is 455 g/mol. The summed E-state index contributed by atoms with van der Waals surface area (Å²) in [6.07, 6.45) is 0. The van der Waals surface area contributed by atoms with Gasteiger partial charge in [-0.15, -0.1) is 0 Å². The number of ether oxygens (including phenoxy) is 1. The predicted molar refractivity (Wildman–Crippen MR) is 112 cm³/mol. The van der Waals surface area contributed by atoms with Gasteiger partial charge in [-0.05, 0) is 73.0 Å². The highest BCUT2D eigenvalue weighted by Crippen LogP contribution is 2.31. The average molecular weight is 456 g/mol. The summed E-state index contributed by atoms with van der Waals surface area (Å²) in [5.41, 5.74) is 3.52. The zero-order valence-electron chi connectivity index (χ0n) is 16.1. The molecule has 0 atom stereocenters. The summed E-state index contributed by atoms with van der Waals surface area (Å²) in [6, 6.07) is 11.2. The number of aromatic nitrogens is 2. The minimum absolute atomic E-state index is 0.218. The molecule has 1 N–H and O–H groups in total. The molecule has 0 saturated carbocycles. The number of hydrogen-bond donors (Lipinski definition) is 1. The Morgan fingerprint density at radius 2 is 2.00 bits per heavy atom. The van der Waals surface area contributed by atoms with E-state index < -0.39 is 5.91 Å². The SMILES string of the molecule is CCOc1ccc(-c2nonc2NC(=O)c2oc3ccc(Br)cc3c2C)cc1C. The lowest BCUT2D eigenvalue weighted by molar-refractivity contribution is 0.0997. The molecule has 0 unspecified atom stereocenters. The number of rotatable bonds is 5. The van der Waals surface area contributed by atoms with Gasteiger partial charge in [0.15, 0.2) is 11.5 Å². The number of nitrogens with one attached hydrogen (secondary N) is 1. The van der Waals surface area contributed by atoms with Crippen LogP contribution < -0.4 is 10.1 Å². The second-order valence-corrected chi connectivity index (χ2v) is 7.44. The number of nitrogens with zero attached hydrogens (tertiary/aromatic N) is 2. The standard InChI is InChI=1S/C21H18BrN3O4/c1-4-27-16-7-5-13(9-11(16)2)18-20(25-29-24-18)23-21(26)19-12(3)15-10-14(22)6-8-17(15)28-19/h5-10H,4H2,1-3H3,(H,23,25,26). The molecule has 0 radical (unpaired) electrons. The van der Waals surface area contributed by atoms with Crippen molar-refractivity contribution in [1.29, 1.82) is 0 Å². The zero-order valence-corrected chi connectivity index (χ0v) is 17.7. The summed E-state index contributed by atoms with van der Waals surface area (Å²) < 4.78 is 17.1. The number of carbonyl (C=O) groups is 1. The number of halogens is 1. The van der Waals surface area contributed by atoms with Crippen LogP contribution in [0.15, 0.2) is 49.9 Å². The minimum Gasteiger partial charge on any atom is -0.494 e. The van der Waals surface area contributed by atoms with Gasteiger partial charge in [0.25, 0.3) is 5.91 Å². The minimum atomic E-state index is -0.422. The number of carbonyl (C=O) groups excluding carboxylic acids is 1. The Balaban J connectivity index is 1.64. The van der Waals surface area contributed by atoms with Crippen molar-refractivity contribution in [2.45, 2.75) is 20.8 Å². The van der Waals surface area contributed by atoms with Crippen molar-refractivity contribution >= 4 is 38.6 Å². The van der Waals surface area contributed by atoms with E-state index in [9.17, 15) is 4.79 Å². The van der Waals surface area contributed by atoms with Gasteiger partial charge in [-0.2, -0.15) is 0 Å². The van der Waals surface area contributed by atoms with Crippen LogP contribution in [0.5, 0.6) is 5.75 Å². The number of furan rings is 1. The van der Waals surface area contributed by atoms with Crippen LogP contribution in [-0.2, 0) is 0 Å². The Bertz CT molecular complexity index is 1210. The van der Waals surface area contributed by atoms with E-state index in [-0.39, 0.29) is 11.6 Å². The predicted octanol–water partition coefficient (Wildman–Crippen LogP) is 5.51. The molecule has 29 heavy (non-hydrogen) atoms. The molecule has 2 aromatic carbocycles. The maximum Gasteiger partial charge on any atom is 0.292 e. The summed E-state index contributed by atoms with van der Waals surface area (Å²) in [5, 5.41) is 11.4. The van der Waals surface area contributed by atoms with E-state index in [4.69, 9.17) is 13.8 Å². The van der Waals surface area contributed by atoms with Crippen molar-refractivity contribution in [3.63, 3.8) is 0 Å². The molecule has 0 fully saturated rings. The maximum absolute atomic E-state index is 12.8. The molecule has 0 aliphatic rings. The third-order valence-electron chi connectivity index (χ3n) is 4.57. The van der Waals surface area contributed by atoms with Gasteiger partial charge in [-0.1, -0.05) is 15.9 Å². The zero-order chi connectivity index (χ0) is 20.5. The molecule has 0 saturated heterocycles. The molecule has 148 valence electrons. The van der Waals surface area contributed by atoms with Gasteiger partial charge in [-0.25, -0.2) is 4.63 Å². The van der Waals surface area contributed by atoms with E-state index in [1.165, 1.54) is 0 Å². The Labute approximate surface area is 175 Å². The van der Waals surface area contributed by atoms with Gasteiger partial charge >= 0.3 is 0 Å². The third kappa shape index (κ3) is 3.63. The van der Waals surface area contributed by atoms with Gasteiger partial charge < -0.3 is 9.15 Å². The highest BCUT2D eigenvalue weighted by atomic mass is 79.9. The summed E-state index contributed by atoms with van der Waals surface area (Å²) in [7, 11) is 0. The number of amides is 1. The van der Waals surface area contributed by atoms with Gasteiger partial charge in [0.05, 0.1) is 6.61 Å². The van der Waals surface area contributed by atoms with Crippen LogP contribution in [0.4, 0.5) is 5.82 Å². The van der Waals surface area contributed by atoms with Crippen LogP contribution in [0.2, 0.25) is 0 Å². The number of anilines is 1. The van der Waals surface area contributed by atoms with Gasteiger partial charge in [-0.3, -0.25) is 10.1 Å². The Morgan fingerprint density at radius 3 is 2.76 bits per heavy atom. The second-order valence-electron chi connectivity index (χ2n) is 6.53. The van der Waals surface area contributed by atoms with E-state index in [2.05, 4.69) is 31.6 Å². The first kappa shape index (κ1) is 19.2. The lowest BCUT2D eigenvalue weighted by Crippen LogP contribution is -2.13. The van der Waals surface area contributed by atoms with Crippen LogP contribution >= 0.6 is 15.9 Å². The molecule has 0 aliphatic carbocycles. The van der Waals surface area contributed by atoms with Gasteiger partial charge in [0.2, 0.25) is 5.82 Å². The van der Waals surface area contributed by atoms with Crippen molar-refractivity contribution < 1.29 is 18.6 Å². The highest BCUT2D eigenvalue weighted by molar-refractivity contribution is 9.10. The molecule has 0 aliphatic heterocycles. The topological polar surface area (TPSA) is 90.4 Å². The third-order valence-corrected chi connectivity index (χ3v) is 5.07. The molecule has 2 aromatic heterocycles. The van der Waals surface area contributed by atoms with Crippen molar-refractivity contribution in [2.75, 3.05) is 11.9 Å². The van der Waals surface area contributed by atoms with Crippen LogP contribution in [0.3, 0.4) is 0 Å². The lowest BCUT2D eigenvalue weighted by atomic mass is 10.1. The fraction of sp³-hybridized carbons (Fsp3) is 0.190.